The Bertz CT molecular complexity index is 1090. The number of rotatable bonds is 5. The number of pyridine rings is 1. The molecule has 2 aliphatic rings. The van der Waals surface area contributed by atoms with Crippen LogP contribution in [-0.2, 0) is 6.54 Å². The lowest BCUT2D eigenvalue weighted by atomic mass is 9.76. The van der Waals surface area contributed by atoms with E-state index >= 15 is 0 Å². The number of hydrogen-bond acceptors (Lipinski definition) is 3. The summed E-state index contributed by atoms with van der Waals surface area (Å²) < 4.78 is 2.25. The van der Waals surface area contributed by atoms with E-state index in [1.54, 1.807) is 0 Å². The fourth-order valence-corrected chi connectivity index (χ4v) is 5.37. The van der Waals surface area contributed by atoms with Gasteiger partial charge in [0.15, 0.2) is 0 Å². The molecule has 0 saturated carbocycles. The minimum Gasteiger partial charge on any atom is -0.335 e. The molecule has 0 spiro atoms. The molecule has 0 radical (unpaired) electrons. The molecule has 1 fully saturated rings. The second-order valence-electron chi connectivity index (χ2n) is 9.14. The van der Waals surface area contributed by atoms with Crippen LogP contribution in [0.15, 0.2) is 49.1 Å². The zero-order valence-electron chi connectivity index (χ0n) is 18.6. The quantitative estimate of drug-likeness (QED) is 0.613. The normalized spacial score (nSPS) is 18.8. The lowest BCUT2D eigenvalue weighted by molar-refractivity contribution is 0.339. The number of aromatic nitrogens is 3. The Balaban J connectivity index is 1.53. The van der Waals surface area contributed by atoms with Gasteiger partial charge in [0.05, 0.1) is 12.0 Å². The highest BCUT2D eigenvalue weighted by atomic mass is 15.0. The van der Waals surface area contributed by atoms with Crippen LogP contribution in [-0.4, -0.2) is 27.6 Å². The highest BCUT2D eigenvalue weighted by Crippen LogP contribution is 2.44. The molecular formula is C27H32N4. The Kier molecular flexibility index (Phi) is 5.73. The van der Waals surface area contributed by atoms with Gasteiger partial charge in [0.2, 0.25) is 0 Å². The average Bonchev–Trinajstić information content (AvgIpc) is 3.14. The zero-order chi connectivity index (χ0) is 21.2. The van der Waals surface area contributed by atoms with Gasteiger partial charge in [0.25, 0.3) is 0 Å². The van der Waals surface area contributed by atoms with Crippen molar-refractivity contribution in [3.8, 4) is 0 Å². The third-order valence-corrected chi connectivity index (χ3v) is 7.01. The fraction of sp³-hybridized carbons (Fsp3) is 0.407. The molecule has 0 amide bonds. The van der Waals surface area contributed by atoms with E-state index in [1.165, 1.54) is 52.1 Å². The van der Waals surface area contributed by atoms with Crippen LogP contribution in [0.1, 0.15) is 65.2 Å². The van der Waals surface area contributed by atoms with Gasteiger partial charge in [-0.2, -0.15) is 0 Å². The summed E-state index contributed by atoms with van der Waals surface area (Å²) in [4.78, 5) is 9.28. The molecule has 1 aliphatic carbocycles. The predicted molar refractivity (Wildman–Crippen MR) is 127 cm³/mol. The van der Waals surface area contributed by atoms with Gasteiger partial charge in [-0.25, -0.2) is 4.98 Å². The Morgan fingerprint density at radius 1 is 1.13 bits per heavy atom. The smallest absolute Gasteiger partial charge is 0.0948 e. The van der Waals surface area contributed by atoms with Crippen molar-refractivity contribution in [1.82, 2.24) is 19.9 Å². The Morgan fingerprint density at radius 2 is 2.00 bits per heavy atom. The van der Waals surface area contributed by atoms with E-state index in [4.69, 9.17) is 4.98 Å². The van der Waals surface area contributed by atoms with Crippen LogP contribution < -0.4 is 5.32 Å². The highest BCUT2D eigenvalue weighted by molar-refractivity contribution is 5.85. The van der Waals surface area contributed by atoms with E-state index in [1.807, 2.05) is 18.7 Å². The third kappa shape index (κ3) is 4.09. The SMILES string of the molecule is Cc1ccc2c(c1)C=C(CCCn1cncc1C)c1cccnc1C2C1CCNCC1. The van der Waals surface area contributed by atoms with Crippen molar-refractivity contribution in [1.29, 1.82) is 0 Å². The summed E-state index contributed by atoms with van der Waals surface area (Å²) in [6.45, 7) is 7.53. The van der Waals surface area contributed by atoms with Crippen molar-refractivity contribution in [2.24, 2.45) is 5.92 Å². The molecule has 1 atom stereocenters. The number of hydrogen-bond donors (Lipinski definition) is 1. The van der Waals surface area contributed by atoms with Gasteiger partial charge in [-0.1, -0.05) is 35.9 Å². The molecule has 1 saturated heterocycles. The van der Waals surface area contributed by atoms with E-state index < -0.39 is 0 Å². The minimum absolute atomic E-state index is 0.374. The Morgan fingerprint density at radius 3 is 2.81 bits per heavy atom. The minimum atomic E-state index is 0.374. The molecule has 1 unspecified atom stereocenters. The van der Waals surface area contributed by atoms with E-state index in [0.29, 0.717) is 11.8 Å². The molecule has 1 aliphatic heterocycles. The third-order valence-electron chi connectivity index (χ3n) is 7.01. The lowest BCUT2D eigenvalue weighted by Crippen LogP contribution is -2.32. The van der Waals surface area contributed by atoms with Crippen molar-refractivity contribution in [2.75, 3.05) is 13.1 Å². The summed E-state index contributed by atoms with van der Waals surface area (Å²) >= 11 is 0. The highest BCUT2D eigenvalue weighted by Gasteiger charge is 2.32. The van der Waals surface area contributed by atoms with E-state index in [-0.39, 0.29) is 0 Å². The lowest BCUT2D eigenvalue weighted by Gasteiger charge is -2.32. The first kappa shape index (κ1) is 20.2. The molecule has 0 bridgehead atoms. The summed E-state index contributed by atoms with van der Waals surface area (Å²) in [6.07, 6.45) is 12.9. The monoisotopic (exact) mass is 412 g/mol. The van der Waals surface area contributed by atoms with Gasteiger partial charge in [0.1, 0.15) is 0 Å². The number of benzene rings is 1. The number of aryl methyl sites for hydroxylation is 3. The molecule has 31 heavy (non-hydrogen) atoms. The largest absolute Gasteiger partial charge is 0.335 e. The van der Waals surface area contributed by atoms with Crippen molar-refractivity contribution in [3.05, 3.63) is 82.7 Å². The topological polar surface area (TPSA) is 42.7 Å². The summed E-state index contributed by atoms with van der Waals surface area (Å²) in [5.74, 6) is 1.01. The second kappa shape index (κ2) is 8.80. The number of imidazole rings is 1. The van der Waals surface area contributed by atoms with Gasteiger partial charge < -0.3 is 9.88 Å². The maximum Gasteiger partial charge on any atom is 0.0948 e. The molecule has 3 aromatic rings. The van der Waals surface area contributed by atoms with Crippen LogP contribution in [0.3, 0.4) is 0 Å². The molecule has 1 N–H and O–H groups in total. The summed E-state index contributed by atoms with van der Waals surface area (Å²) in [5, 5.41) is 3.54. The standard InChI is InChI=1S/C27H32N4/c1-19-7-8-24-23(15-19)16-22(5-4-14-31-18-29-17-20(31)2)25-6-3-11-30-27(25)26(24)21-9-12-28-13-10-21/h3,6-8,11,15-18,21,26,28H,4-5,9-10,12-14H2,1-2H3. The predicted octanol–water partition coefficient (Wildman–Crippen LogP) is 5.36. The van der Waals surface area contributed by atoms with Gasteiger partial charge >= 0.3 is 0 Å². The zero-order valence-corrected chi connectivity index (χ0v) is 18.6. The van der Waals surface area contributed by atoms with Gasteiger partial charge in [-0.15, -0.1) is 0 Å². The summed E-state index contributed by atoms with van der Waals surface area (Å²) in [6, 6.07) is 11.4. The second-order valence-corrected chi connectivity index (χ2v) is 9.14. The number of piperidine rings is 1. The van der Waals surface area contributed by atoms with Crippen LogP contribution in [0.25, 0.3) is 11.6 Å². The van der Waals surface area contributed by atoms with Crippen LogP contribution in [0, 0.1) is 19.8 Å². The van der Waals surface area contributed by atoms with Crippen molar-refractivity contribution >= 4 is 11.6 Å². The molecule has 160 valence electrons. The van der Waals surface area contributed by atoms with E-state index in [0.717, 1.165) is 32.5 Å². The average molecular weight is 413 g/mol. The van der Waals surface area contributed by atoms with E-state index in [9.17, 15) is 0 Å². The molecule has 3 heterocycles. The number of nitrogens with zero attached hydrogens (tertiary/aromatic N) is 3. The van der Waals surface area contributed by atoms with Gasteiger partial charge in [-0.3, -0.25) is 4.98 Å². The van der Waals surface area contributed by atoms with Crippen molar-refractivity contribution < 1.29 is 0 Å². The van der Waals surface area contributed by atoms with E-state index in [2.05, 4.69) is 65.1 Å². The Labute approximate surface area is 185 Å². The van der Waals surface area contributed by atoms with Crippen LogP contribution >= 0.6 is 0 Å². The summed E-state index contributed by atoms with van der Waals surface area (Å²) in [7, 11) is 0. The van der Waals surface area contributed by atoms with Gasteiger partial charge in [-0.05, 0) is 86.9 Å². The molecule has 5 rings (SSSR count). The number of fused-ring (bicyclic) bond motifs is 2. The molecule has 1 aromatic carbocycles. The molecule has 4 nitrogen and oxygen atoms in total. The first-order chi connectivity index (χ1) is 15.2. The molecule has 2 aromatic heterocycles. The fourth-order valence-electron chi connectivity index (χ4n) is 5.37. The first-order valence-corrected chi connectivity index (χ1v) is 11.6. The van der Waals surface area contributed by atoms with Gasteiger partial charge in [0, 0.05) is 30.6 Å². The van der Waals surface area contributed by atoms with Crippen LogP contribution in [0.5, 0.6) is 0 Å². The maximum atomic E-state index is 5.00. The first-order valence-electron chi connectivity index (χ1n) is 11.6. The van der Waals surface area contributed by atoms with Crippen LogP contribution in [0.4, 0.5) is 0 Å². The van der Waals surface area contributed by atoms with Crippen molar-refractivity contribution in [2.45, 2.75) is 52.0 Å². The molecular weight excluding hydrogens is 380 g/mol. The number of allylic oxidation sites excluding steroid dienone is 1. The van der Waals surface area contributed by atoms with Crippen molar-refractivity contribution in [3.63, 3.8) is 0 Å². The summed E-state index contributed by atoms with van der Waals surface area (Å²) in [5.41, 5.74) is 9.44. The molecule has 4 heteroatoms. The number of nitrogens with one attached hydrogen (secondary N) is 1. The Hall–Kier alpha value is -2.72. The van der Waals surface area contributed by atoms with Crippen LogP contribution in [0.2, 0.25) is 0 Å². The maximum absolute atomic E-state index is 5.00.